The lowest BCUT2D eigenvalue weighted by molar-refractivity contribution is 0.143. The molecule has 0 radical (unpaired) electrons. The number of benzene rings is 2. The molecule has 0 aliphatic heterocycles. The normalized spacial score (nSPS) is 13.7. The van der Waals surface area contributed by atoms with E-state index in [-0.39, 0.29) is 0 Å². The molecule has 0 aliphatic carbocycles. The average Bonchev–Trinajstić information content (AvgIpc) is 3.03. The Bertz CT molecular complexity index is 1500. The van der Waals surface area contributed by atoms with E-state index in [0.29, 0.717) is 44.8 Å². The topological polar surface area (TPSA) is 27.7 Å². The van der Waals surface area contributed by atoms with Crippen LogP contribution in [-0.4, -0.2) is 27.4 Å². The van der Waals surface area contributed by atoms with Crippen LogP contribution in [0.5, 0.6) is 11.5 Å². The van der Waals surface area contributed by atoms with Gasteiger partial charge >= 0.3 is 0 Å². The Morgan fingerprint density at radius 2 is 0.979 bits per heavy atom. The summed E-state index contributed by atoms with van der Waals surface area (Å²) < 4.78 is 16.5. The van der Waals surface area contributed by atoms with Gasteiger partial charge in [-0.15, -0.1) is 0 Å². The standard InChI is InChI=1S/C40H46Cl4O3/c1-27(13-9-15-29(3)19-21-33-35(41)25-37(45-7)31(5)39(33)43)17-11-23-47-24-12-18-28(2)14-10-16-30(4)20-22-34-36(42)26-38(46-8)32(6)40(34)44/h9-10,13-22,25-26H,11-12,23-24H2,1-8H3. The molecule has 0 bridgehead atoms. The zero-order valence-electron chi connectivity index (χ0n) is 28.6. The molecule has 2 aromatic rings. The van der Waals surface area contributed by atoms with Crippen molar-refractivity contribution < 1.29 is 14.2 Å². The van der Waals surface area contributed by atoms with Crippen molar-refractivity contribution in [2.45, 2.75) is 54.4 Å². The SMILES string of the molecule is COc1cc(Cl)c(C=CC(C)=CC=CC(C)=CCCOCCC=C(C)C=CC=C(C)C=Cc2c(Cl)cc(OC)c(C)c2Cl)c(Cl)c1C. The predicted molar refractivity (Wildman–Crippen MR) is 207 cm³/mol. The minimum absolute atomic E-state index is 0.558. The van der Waals surface area contributed by atoms with Crippen LogP contribution >= 0.6 is 46.4 Å². The molecule has 0 aromatic heterocycles. The molecule has 0 aliphatic rings. The first-order valence-corrected chi connectivity index (χ1v) is 16.9. The number of allylic oxidation sites excluding steroid dienone is 12. The number of rotatable bonds is 16. The third-order valence-electron chi connectivity index (χ3n) is 7.26. The molecule has 7 heteroatoms. The number of halogens is 4. The van der Waals surface area contributed by atoms with Crippen LogP contribution in [0.2, 0.25) is 20.1 Å². The lowest BCUT2D eigenvalue weighted by Crippen LogP contribution is -1.95. The molecule has 0 heterocycles. The van der Waals surface area contributed by atoms with Crippen molar-refractivity contribution in [1.82, 2.24) is 0 Å². The molecular formula is C40H46Cl4O3. The fourth-order valence-corrected chi connectivity index (χ4v) is 5.51. The van der Waals surface area contributed by atoms with Crippen molar-refractivity contribution >= 4 is 58.6 Å². The summed E-state index contributed by atoms with van der Waals surface area (Å²) in [6.45, 7) is 13.4. The van der Waals surface area contributed by atoms with Gasteiger partial charge in [-0.05, 0) is 66.5 Å². The van der Waals surface area contributed by atoms with Crippen LogP contribution in [0.25, 0.3) is 12.2 Å². The fraction of sp³-hybridized carbons (Fsp3) is 0.300. The van der Waals surface area contributed by atoms with E-state index in [0.717, 1.165) is 46.2 Å². The van der Waals surface area contributed by atoms with Crippen molar-refractivity contribution in [1.29, 1.82) is 0 Å². The molecule has 252 valence electrons. The molecule has 3 nitrogen and oxygen atoms in total. The molecular weight excluding hydrogens is 670 g/mol. The Hall–Kier alpha value is -2.92. The van der Waals surface area contributed by atoms with Crippen molar-refractivity contribution in [3.63, 3.8) is 0 Å². The van der Waals surface area contributed by atoms with Crippen LogP contribution in [0.1, 0.15) is 62.8 Å². The van der Waals surface area contributed by atoms with Crippen LogP contribution in [0.4, 0.5) is 0 Å². The van der Waals surface area contributed by atoms with Crippen molar-refractivity contribution in [3.8, 4) is 11.5 Å². The van der Waals surface area contributed by atoms with E-state index in [9.17, 15) is 0 Å². The molecule has 2 aromatic carbocycles. The third kappa shape index (κ3) is 13.6. The summed E-state index contributed by atoms with van der Waals surface area (Å²) in [5.41, 5.74) is 7.83. The Kier molecular flexibility index (Phi) is 18.1. The third-order valence-corrected chi connectivity index (χ3v) is 8.86. The summed E-state index contributed by atoms with van der Waals surface area (Å²) in [5.74, 6) is 1.36. The van der Waals surface area contributed by atoms with Gasteiger partial charge in [0.1, 0.15) is 11.5 Å². The Morgan fingerprint density at radius 3 is 1.34 bits per heavy atom. The van der Waals surface area contributed by atoms with Crippen molar-refractivity contribution in [3.05, 3.63) is 138 Å². The number of methoxy groups -OCH3 is 2. The lowest BCUT2D eigenvalue weighted by atomic mass is 10.1. The monoisotopic (exact) mass is 714 g/mol. The zero-order valence-corrected chi connectivity index (χ0v) is 31.7. The Balaban J connectivity index is 1.75. The van der Waals surface area contributed by atoms with E-state index < -0.39 is 0 Å². The maximum absolute atomic E-state index is 6.50. The quantitative estimate of drug-likeness (QED) is 0.128. The van der Waals surface area contributed by atoms with Gasteiger partial charge in [-0.3, -0.25) is 0 Å². The molecule has 47 heavy (non-hydrogen) atoms. The lowest BCUT2D eigenvalue weighted by Gasteiger charge is -2.10. The minimum Gasteiger partial charge on any atom is -0.496 e. The largest absolute Gasteiger partial charge is 0.496 e. The highest BCUT2D eigenvalue weighted by atomic mass is 35.5. The first-order chi connectivity index (χ1) is 22.4. The molecule has 2 rings (SSSR count). The van der Waals surface area contributed by atoms with Gasteiger partial charge in [0.05, 0.1) is 47.5 Å². The second kappa shape index (κ2) is 21.1. The van der Waals surface area contributed by atoms with E-state index >= 15 is 0 Å². The molecule has 0 saturated carbocycles. The molecule has 0 fully saturated rings. The van der Waals surface area contributed by atoms with Gasteiger partial charge in [0.2, 0.25) is 0 Å². The van der Waals surface area contributed by atoms with E-state index in [1.54, 1.807) is 26.4 Å². The molecule has 0 unspecified atom stereocenters. The van der Waals surface area contributed by atoms with Crippen molar-refractivity contribution in [2.75, 3.05) is 27.4 Å². The first-order valence-electron chi connectivity index (χ1n) is 15.4. The van der Waals surface area contributed by atoms with Gasteiger partial charge in [0.25, 0.3) is 0 Å². The summed E-state index contributed by atoms with van der Waals surface area (Å²) in [6.07, 6.45) is 26.3. The number of hydrogen-bond donors (Lipinski definition) is 0. The zero-order chi connectivity index (χ0) is 34.9. The van der Waals surface area contributed by atoms with E-state index in [1.165, 1.54) is 11.1 Å². The van der Waals surface area contributed by atoms with E-state index in [2.05, 4.69) is 50.3 Å². The first kappa shape index (κ1) is 40.3. The molecule has 0 amide bonds. The summed E-state index contributed by atoms with van der Waals surface area (Å²) in [5, 5.41) is 2.31. The van der Waals surface area contributed by atoms with Gasteiger partial charge in [0.15, 0.2) is 0 Å². The maximum atomic E-state index is 6.50. The fourth-order valence-electron chi connectivity index (χ4n) is 4.38. The number of ether oxygens (including phenoxy) is 3. The molecule has 0 atom stereocenters. The van der Waals surface area contributed by atoms with Gasteiger partial charge in [-0.2, -0.15) is 0 Å². The second-order valence-electron chi connectivity index (χ2n) is 11.1. The Labute approximate surface area is 302 Å². The van der Waals surface area contributed by atoms with Gasteiger partial charge in [-0.25, -0.2) is 0 Å². The van der Waals surface area contributed by atoms with Crippen molar-refractivity contribution in [2.24, 2.45) is 0 Å². The van der Waals surface area contributed by atoms with Crippen LogP contribution < -0.4 is 9.47 Å². The highest BCUT2D eigenvalue weighted by molar-refractivity contribution is 6.38. The highest BCUT2D eigenvalue weighted by Crippen LogP contribution is 2.37. The molecule has 0 N–H and O–H groups in total. The summed E-state index contributed by atoms with van der Waals surface area (Å²) in [4.78, 5) is 0. The van der Waals surface area contributed by atoms with Crippen LogP contribution in [0.3, 0.4) is 0 Å². The smallest absolute Gasteiger partial charge is 0.124 e. The summed E-state index contributed by atoms with van der Waals surface area (Å²) >= 11 is 25.8. The predicted octanol–water partition coefficient (Wildman–Crippen LogP) is 13.4. The number of hydrogen-bond acceptors (Lipinski definition) is 3. The van der Waals surface area contributed by atoms with Crippen LogP contribution in [0, 0.1) is 13.8 Å². The molecule has 0 saturated heterocycles. The van der Waals surface area contributed by atoms with Gasteiger partial charge < -0.3 is 14.2 Å². The van der Waals surface area contributed by atoms with E-state index in [4.69, 9.17) is 60.6 Å². The highest BCUT2D eigenvalue weighted by Gasteiger charge is 2.12. The second-order valence-corrected chi connectivity index (χ2v) is 12.7. The summed E-state index contributed by atoms with van der Waals surface area (Å²) in [7, 11) is 3.21. The van der Waals surface area contributed by atoms with E-state index in [1.807, 2.05) is 64.2 Å². The minimum atomic E-state index is 0.558. The van der Waals surface area contributed by atoms with Gasteiger partial charge in [0, 0.05) is 22.3 Å². The van der Waals surface area contributed by atoms with Crippen LogP contribution in [-0.2, 0) is 4.74 Å². The average molecular weight is 717 g/mol. The summed E-state index contributed by atoms with van der Waals surface area (Å²) in [6, 6.07) is 3.58. The molecule has 0 spiro atoms. The maximum Gasteiger partial charge on any atom is 0.124 e. The Morgan fingerprint density at radius 1 is 0.596 bits per heavy atom. The van der Waals surface area contributed by atoms with Gasteiger partial charge in [-0.1, -0.05) is 142 Å². The van der Waals surface area contributed by atoms with Crippen LogP contribution in [0.15, 0.2) is 95.2 Å².